The molecule has 0 aliphatic rings. The third kappa shape index (κ3) is 2.66. The van der Waals surface area contributed by atoms with Crippen LogP contribution in [0.1, 0.15) is 25.5 Å². The minimum absolute atomic E-state index is 0.592. The fourth-order valence-corrected chi connectivity index (χ4v) is 1.05. The van der Waals surface area contributed by atoms with Crippen LogP contribution in [0.2, 0.25) is 0 Å². The normalized spacial score (nSPS) is 11.0. The predicted molar refractivity (Wildman–Crippen MR) is 47.8 cm³/mol. The fourth-order valence-electron chi connectivity index (χ4n) is 1.05. The average molecular weight is 168 g/mol. The molecule has 0 amide bonds. The average Bonchev–Trinajstić information content (AvgIpc) is 2.36. The summed E-state index contributed by atoms with van der Waals surface area (Å²) in [4.78, 5) is 4.15. The van der Waals surface area contributed by atoms with E-state index in [1.807, 2.05) is 0 Å². The van der Waals surface area contributed by atoms with Gasteiger partial charge in [-0.1, -0.05) is 13.8 Å². The SMILES string of the molecule is CC(C)Cc1ncc(CCN)o1. The van der Waals surface area contributed by atoms with Crippen molar-refractivity contribution >= 4 is 0 Å². The van der Waals surface area contributed by atoms with Crippen LogP contribution in [0, 0.1) is 5.92 Å². The van der Waals surface area contributed by atoms with Gasteiger partial charge < -0.3 is 10.2 Å². The van der Waals surface area contributed by atoms with Crippen molar-refractivity contribution in [3.05, 3.63) is 17.8 Å². The van der Waals surface area contributed by atoms with Gasteiger partial charge in [0.15, 0.2) is 5.89 Å². The fraction of sp³-hybridized carbons (Fsp3) is 0.667. The van der Waals surface area contributed by atoms with E-state index in [1.54, 1.807) is 6.20 Å². The largest absolute Gasteiger partial charge is 0.446 e. The van der Waals surface area contributed by atoms with Gasteiger partial charge in [0.2, 0.25) is 0 Å². The summed E-state index contributed by atoms with van der Waals surface area (Å²) in [5.74, 6) is 2.32. The van der Waals surface area contributed by atoms with Gasteiger partial charge in [0.25, 0.3) is 0 Å². The van der Waals surface area contributed by atoms with E-state index in [1.165, 1.54) is 0 Å². The molecule has 1 aromatic heterocycles. The zero-order valence-electron chi connectivity index (χ0n) is 7.71. The van der Waals surface area contributed by atoms with Gasteiger partial charge in [-0.15, -0.1) is 0 Å². The zero-order chi connectivity index (χ0) is 8.97. The summed E-state index contributed by atoms with van der Waals surface area (Å²) in [6.07, 6.45) is 3.46. The highest BCUT2D eigenvalue weighted by atomic mass is 16.4. The first-order chi connectivity index (χ1) is 5.72. The second-order valence-electron chi connectivity index (χ2n) is 3.36. The Balaban J connectivity index is 2.52. The Kier molecular flexibility index (Phi) is 3.29. The van der Waals surface area contributed by atoms with E-state index < -0.39 is 0 Å². The molecule has 1 aromatic rings. The van der Waals surface area contributed by atoms with Gasteiger partial charge in [-0.2, -0.15) is 0 Å². The minimum atomic E-state index is 0.592. The van der Waals surface area contributed by atoms with E-state index in [-0.39, 0.29) is 0 Å². The Bertz CT molecular complexity index is 230. The molecule has 0 saturated carbocycles. The van der Waals surface area contributed by atoms with Crippen molar-refractivity contribution in [2.75, 3.05) is 6.54 Å². The zero-order valence-corrected chi connectivity index (χ0v) is 7.71. The maximum atomic E-state index is 5.44. The van der Waals surface area contributed by atoms with Crippen LogP contribution in [-0.4, -0.2) is 11.5 Å². The van der Waals surface area contributed by atoms with Crippen molar-refractivity contribution in [1.29, 1.82) is 0 Å². The summed E-state index contributed by atoms with van der Waals surface area (Å²) >= 11 is 0. The molecule has 0 fully saturated rings. The van der Waals surface area contributed by atoms with Gasteiger partial charge >= 0.3 is 0 Å². The van der Waals surface area contributed by atoms with Crippen LogP contribution in [0.25, 0.3) is 0 Å². The second kappa shape index (κ2) is 4.26. The smallest absolute Gasteiger partial charge is 0.194 e. The number of hydrogen-bond acceptors (Lipinski definition) is 3. The summed E-state index contributed by atoms with van der Waals surface area (Å²) < 4.78 is 5.44. The number of aromatic nitrogens is 1. The number of nitrogens with zero attached hydrogens (tertiary/aromatic N) is 1. The molecule has 0 unspecified atom stereocenters. The molecule has 3 heteroatoms. The molecule has 2 N–H and O–H groups in total. The molecule has 12 heavy (non-hydrogen) atoms. The molecule has 1 heterocycles. The van der Waals surface area contributed by atoms with E-state index in [0.717, 1.165) is 24.5 Å². The van der Waals surface area contributed by atoms with Crippen LogP contribution in [-0.2, 0) is 12.8 Å². The van der Waals surface area contributed by atoms with Gasteiger partial charge in [-0.3, -0.25) is 0 Å². The van der Waals surface area contributed by atoms with Crippen molar-refractivity contribution in [3.8, 4) is 0 Å². The van der Waals surface area contributed by atoms with Crippen LogP contribution < -0.4 is 5.73 Å². The van der Waals surface area contributed by atoms with E-state index in [4.69, 9.17) is 10.2 Å². The lowest BCUT2D eigenvalue weighted by atomic mass is 10.1. The first-order valence-corrected chi connectivity index (χ1v) is 4.36. The Morgan fingerprint density at radius 3 is 2.92 bits per heavy atom. The van der Waals surface area contributed by atoms with Gasteiger partial charge in [-0.25, -0.2) is 4.98 Å². The first-order valence-electron chi connectivity index (χ1n) is 4.36. The molecule has 0 aliphatic carbocycles. The molecule has 0 bridgehead atoms. The van der Waals surface area contributed by atoms with E-state index in [0.29, 0.717) is 12.5 Å². The lowest BCUT2D eigenvalue weighted by Gasteiger charge is -1.97. The van der Waals surface area contributed by atoms with Gasteiger partial charge in [-0.05, 0) is 12.5 Å². The van der Waals surface area contributed by atoms with Gasteiger partial charge in [0.1, 0.15) is 5.76 Å². The lowest BCUT2D eigenvalue weighted by molar-refractivity contribution is 0.429. The lowest BCUT2D eigenvalue weighted by Crippen LogP contribution is -2.01. The molecular formula is C9H16N2O. The van der Waals surface area contributed by atoms with E-state index >= 15 is 0 Å². The summed E-state index contributed by atoms with van der Waals surface area (Å²) in [6, 6.07) is 0. The molecule has 0 aliphatic heterocycles. The second-order valence-corrected chi connectivity index (χ2v) is 3.36. The Morgan fingerprint density at radius 1 is 1.58 bits per heavy atom. The van der Waals surface area contributed by atoms with Gasteiger partial charge in [0, 0.05) is 12.8 Å². The third-order valence-electron chi connectivity index (χ3n) is 1.58. The Labute approximate surface area is 73.0 Å². The molecule has 0 radical (unpaired) electrons. The molecule has 0 saturated heterocycles. The molecule has 1 rings (SSSR count). The maximum Gasteiger partial charge on any atom is 0.194 e. The van der Waals surface area contributed by atoms with Crippen LogP contribution in [0.5, 0.6) is 0 Å². The van der Waals surface area contributed by atoms with Crippen molar-refractivity contribution in [1.82, 2.24) is 4.98 Å². The summed E-state index contributed by atoms with van der Waals surface area (Å²) in [6.45, 7) is 4.91. The van der Waals surface area contributed by atoms with Crippen molar-refractivity contribution in [2.24, 2.45) is 11.7 Å². The standard InChI is InChI=1S/C9H16N2O/c1-7(2)5-9-11-6-8(12-9)3-4-10/h6-7H,3-5,10H2,1-2H3. The van der Waals surface area contributed by atoms with Crippen LogP contribution >= 0.6 is 0 Å². The van der Waals surface area contributed by atoms with Gasteiger partial charge in [0.05, 0.1) is 6.20 Å². The number of rotatable bonds is 4. The first kappa shape index (κ1) is 9.26. The molecule has 0 atom stereocenters. The van der Waals surface area contributed by atoms with Crippen LogP contribution in [0.15, 0.2) is 10.6 Å². The van der Waals surface area contributed by atoms with E-state index in [2.05, 4.69) is 18.8 Å². The molecule has 68 valence electrons. The Morgan fingerprint density at radius 2 is 2.33 bits per heavy atom. The number of hydrogen-bond donors (Lipinski definition) is 1. The maximum absolute atomic E-state index is 5.44. The monoisotopic (exact) mass is 168 g/mol. The van der Waals surface area contributed by atoms with Crippen LogP contribution in [0.4, 0.5) is 0 Å². The highest BCUT2D eigenvalue weighted by Gasteiger charge is 2.04. The predicted octanol–water partition coefficient (Wildman–Crippen LogP) is 1.37. The molecule has 0 aromatic carbocycles. The number of oxazole rings is 1. The number of nitrogens with two attached hydrogens (primary N) is 1. The molecule has 0 spiro atoms. The highest BCUT2D eigenvalue weighted by Crippen LogP contribution is 2.08. The summed E-state index contributed by atoms with van der Waals surface area (Å²) in [7, 11) is 0. The van der Waals surface area contributed by atoms with E-state index in [9.17, 15) is 0 Å². The molecular weight excluding hydrogens is 152 g/mol. The van der Waals surface area contributed by atoms with Crippen LogP contribution in [0.3, 0.4) is 0 Å². The third-order valence-corrected chi connectivity index (χ3v) is 1.58. The Hall–Kier alpha value is -0.830. The van der Waals surface area contributed by atoms with Crippen molar-refractivity contribution < 1.29 is 4.42 Å². The topological polar surface area (TPSA) is 52.0 Å². The van der Waals surface area contributed by atoms with Crippen molar-refractivity contribution in [3.63, 3.8) is 0 Å². The highest BCUT2D eigenvalue weighted by molar-refractivity contribution is 4.95. The quantitative estimate of drug-likeness (QED) is 0.738. The molecule has 3 nitrogen and oxygen atoms in total. The summed E-state index contributed by atoms with van der Waals surface area (Å²) in [5, 5.41) is 0. The summed E-state index contributed by atoms with van der Waals surface area (Å²) in [5.41, 5.74) is 5.38. The van der Waals surface area contributed by atoms with Crippen molar-refractivity contribution in [2.45, 2.75) is 26.7 Å². The minimum Gasteiger partial charge on any atom is -0.446 e.